The van der Waals surface area contributed by atoms with Crippen molar-refractivity contribution in [1.82, 2.24) is 59.9 Å². The van der Waals surface area contributed by atoms with E-state index in [9.17, 15) is 4.79 Å². The van der Waals surface area contributed by atoms with Crippen LogP contribution in [0.1, 0.15) is 57.3 Å². The molecule has 1 unspecified atom stereocenters. The molecule has 17 nitrogen and oxygen atoms in total. The predicted molar refractivity (Wildman–Crippen MR) is 323 cm³/mol. The van der Waals surface area contributed by atoms with Gasteiger partial charge in [-0.15, -0.1) is 0 Å². The molecule has 4 aromatic heterocycles. The first-order chi connectivity index (χ1) is 39.8. The fourth-order valence-electron chi connectivity index (χ4n) is 12.6. The zero-order chi connectivity index (χ0) is 54.4. The number of aliphatic imine (C=N–C) groups is 2. The predicted octanol–water partition coefficient (Wildman–Crippen LogP) is 8.65. The van der Waals surface area contributed by atoms with Crippen molar-refractivity contribution in [3.05, 3.63) is 179 Å². The summed E-state index contributed by atoms with van der Waals surface area (Å²) in [4.78, 5) is 54.6. The highest BCUT2D eigenvalue weighted by Gasteiger charge is 2.35. The van der Waals surface area contributed by atoms with Gasteiger partial charge in [-0.1, -0.05) is 42.5 Å². The van der Waals surface area contributed by atoms with E-state index >= 15 is 0 Å². The molecule has 81 heavy (non-hydrogen) atoms. The van der Waals surface area contributed by atoms with Crippen LogP contribution >= 0.6 is 0 Å². The zero-order valence-electron chi connectivity index (χ0n) is 45.9. The van der Waals surface area contributed by atoms with Crippen LogP contribution in [-0.2, 0) is 13.0 Å². The van der Waals surface area contributed by atoms with Crippen molar-refractivity contribution in [3.8, 4) is 33.8 Å². The lowest BCUT2D eigenvalue weighted by molar-refractivity contribution is 0.102. The number of fused-ring (bicyclic) bond motifs is 3. The van der Waals surface area contributed by atoms with Crippen molar-refractivity contribution in [3.63, 3.8) is 0 Å². The summed E-state index contributed by atoms with van der Waals surface area (Å²) in [5, 5.41) is 20.0. The molecule has 3 saturated heterocycles. The van der Waals surface area contributed by atoms with Crippen LogP contribution in [0.2, 0.25) is 0 Å². The van der Waals surface area contributed by atoms with Gasteiger partial charge >= 0.3 is 0 Å². The molecule has 10 heterocycles. The summed E-state index contributed by atoms with van der Waals surface area (Å²) in [5.41, 5.74) is 19.2. The highest BCUT2D eigenvalue weighted by molar-refractivity contribution is 6.26. The van der Waals surface area contributed by atoms with Crippen LogP contribution in [0.5, 0.6) is 0 Å². The number of aromatic nitrogens is 6. The van der Waals surface area contributed by atoms with Crippen molar-refractivity contribution in [2.75, 3.05) is 103 Å². The Bertz CT molecular complexity index is 3810. The SMILES string of the molecule is CN1CCN(C2=CC=NCC3=C2CN=C(C2=CCNc4c2cc(-c2cncc(NC(=O)c5ccccc5)c2)cc4C2CN(C4=CC=CCc5[nH]c(-c6n[nH]c7ccc(-c8cncc(CN9CCCC9)c8)cc67)nc54)CCN2C)N3)CC1. The van der Waals surface area contributed by atoms with Gasteiger partial charge < -0.3 is 35.6 Å². The van der Waals surface area contributed by atoms with Gasteiger partial charge in [-0.2, -0.15) is 5.10 Å². The van der Waals surface area contributed by atoms with Gasteiger partial charge in [0.25, 0.3) is 5.91 Å². The molecule has 0 spiro atoms. The molecule has 14 rings (SSSR count). The maximum atomic E-state index is 13.5. The molecular formula is C64H66N16O. The summed E-state index contributed by atoms with van der Waals surface area (Å²) in [6, 6.07) is 24.6. The molecule has 5 N–H and O–H groups in total. The maximum absolute atomic E-state index is 13.5. The first-order valence-corrected chi connectivity index (χ1v) is 28.5. The van der Waals surface area contributed by atoms with Crippen LogP contribution in [0.25, 0.3) is 55.9 Å². The first kappa shape index (κ1) is 50.4. The van der Waals surface area contributed by atoms with E-state index in [1.807, 2.05) is 61.2 Å². The summed E-state index contributed by atoms with van der Waals surface area (Å²) >= 11 is 0. The molecule has 7 aromatic rings. The Kier molecular flexibility index (Phi) is 13.5. The molecular weight excluding hydrogens is 1010 g/mol. The number of H-pyrrole nitrogens is 2. The zero-order valence-corrected chi connectivity index (χ0v) is 45.9. The molecule has 3 aromatic carbocycles. The van der Waals surface area contributed by atoms with E-state index in [-0.39, 0.29) is 11.9 Å². The number of aromatic amines is 2. The van der Waals surface area contributed by atoms with Crippen LogP contribution in [0.4, 0.5) is 11.4 Å². The molecule has 1 amide bonds. The molecule has 17 heteroatoms. The second-order valence-electron chi connectivity index (χ2n) is 22.3. The Balaban J connectivity index is 0.793. The van der Waals surface area contributed by atoms with Crippen LogP contribution in [0, 0.1) is 0 Å². The van der Waals surface area contributed by atoms with Gasteiger partial charge in [-0.05, 0) is 123 Å². The van der Waals surface area contributed by atoms with E-state index in [1.165, 1.54) is 29.7 Å². The van der Waals surface area contributed by atoms with Gasteiger partial charge in [0.1, 0.15) is 17.2 Å². The Morgan fingerprint density at radius 1 is 0.778 bits per heavy atom. The van der Waals surface area contributed by atoms with E-state index in [0.29, 0.717) is 43.9 Å². The summed E-state index contributed by atoms with van der Waals surface area (Å²) < 4.78 is 0. The van der Waals surface area contributed by atoms with Crippen molar-refractivity contribution < 1.29 is 4.79 Å². The number of nitrogens with one attached hydrogen (secondary N) is 5. The molecule has 0 bridgehead atoms. The minimum Gasteiger partial charge on any atom is -0.381 e. The lowest BCUT2D eigenvalue weighted by atomic mass is 9.87. The summed E-state index contributed by atoms with van der Waals surface area (Å²) in [7, 11) is 4.42. The smallest absolute Gasteiger partial charge is 0.255 e. The lowest BCUT2D eigenvalue weighted by Crippen LogP contribution is -2.46. The number of benzene rings is 3. The van der Waals surface area contributed by atoms with Crippen LogP contribution in [-0.4, -0.2) is 165 Å². The van der Waals surface area contributed by atoms with Gasteiger partial charge in [0.05, 0.1) is 42.2 Å². The lowest BCUT2D eigenvalue weighted by Gasteiger charge is -2.43. The van der Waals surface area contributed by atoms with Crippen molar-refractivity contribution >= 4 is 51.5 Å². The second-order valence-corrected chi connectivity index (χ2v) is 22.3. The number of likely N-dealkylation sites (tertiary alicyclic amines) is 1. The number of nitrogens with zero attached hydrogens (tertiary/aromatic N) is 11. The number of imidazole rings is 1. The third kappa shape index (κ3) is 10.1. The fourth-order valence-corrected chi connectivity index (χ4v) is 12.6. The summed E-state index contributed by atoms with van der Waals surface area (Å²) in [6.45, 7) is 11.3. The standard InChI is InChI=1S/C64H66N16O/c1-76-22-25-79(26-23-76)56-17-18-65-38-55-52(56)37-69-62(72-55)48-16-19-68-59-49(48)31-44(46-29-47(36-67-35-46)70-64(81)42-10-4-3-5-11-42)32-51(59)58-40-80(27-24-77(58)2)57-13-7-6-12-54-61(57)73-63(71-54)60-50-30-43(14-15-53(50)74-75-60)45-28-41(33-66-34-45)39-78-20-8-9-21-78/h3-7,10-11,13-18,28-36,58,68H,8-9,12,19-27,37-40H2,1-2H3,(H,69,72)(H,70,81)(H,71,73)(H,74,75). The quantitative estimate of drug-likeness (QED) is 0.0835. The van der Waals surface area contributed by atoms with E-state index < -0.39 is 0 Å². The number of allylic oxidation sites excluding steroid dienone is 4. The number of pyridine rings is 2. The summed E-state index contributed by atoms with van der Waals surface area (Å²) in [5.74, 6) is 1.39. The molecule has 0 radical (unpaired) electrons. The molecule has 1 atom stereocenters. The minimum atomic E-state index is -0.188. The van der Waals surface area contributed by atoms with Crippen LogP contribution in [0.15, 0.2) is 155 Å². The van der Waals surface area contributed by atoms with Gasteiger partial charge in [-0.25, -0.2) is 4.98 Å². The van der Waals surface area contributed by atoms with E-state index in [1.54, 1.807) is 6.20 Å². The molecule has 1 aliphatic carbocycles. The average Bonchev–Trinajstić information content (AvgIpc) is 4.37. The van der Waals surface area contributed by atoms with E-state index in [4.69, 9.17) is 25.1 Å². The van der Waals surface area contributed by atoms with Crippen molar-refractivity contribution in [2.24, 2.45) is 9.98 Å². The number of hydrogen-bond acceptors (Lipinski definition) is 14. The van der Waals surface area contributed by atoms with Crippen LogP contribution in [0.3, 0.4) is 0 Å². The number of carbonyl (C=O) groups excluding carboxylic acids is 1. The molecule has 7 aliphatic rings. The summed E-state index contributed by atoms with van der Waals surface area (Å²) in [6.07, 6.45) is 23.8. The molecule has 0 saturated carbocycles. The molecule has 3 fully saturated rings. The molecule has 6 aliphatic heterocycles. The maximum Gasteiger partial charge on any atom is 0.255 e. The number of piperazine rings is 2. The topological polar surface area (TPSA) is 177 Å². The second kappa shape index (κ2) is 21.7. The Morgan fingerprint density at radius 2 is 1.62 bits per heavy atom. The van der Waals surface area contributed by atoms with E-state index in [0.717, 1.165) is 155 Å². The number of carbonyl (C=O) groups is 1. The Hall–Kier alpha value is -8.77. The first-order valence-electron chi connectivity index (χ1n) is 28.5. The Morgan fingerprint density at radius 3 is 2.49 bits per heavy atom. The van der Waals surface area contributed by atoms with Crippen molar-refractivity contribution in [1.29, 1.82) is 0 Å². The third-order valence-corrected chi connectivity index (χ3v) is 17.0. The highest BCUT2D eigenvalue weighted by atomic mass is 16.1. The number of anilines is 2. The highest BCUT2D eigenvalue weighted by Crippen LogP contribution is 2.43. The van der Waals surface area contributed by atoms with Gasteiger partial charge in [0, 0.05) is 152 Å². The monoisotopic (exact) mass is 1070 g/mol. The average molecular weight is 1080 g/mol. The van der Waals surface area contributed by atoms with Crippen LogP contribution < -0.4 is 16.0 Å². The number of hydrogen-bond donors (Lipinski definition) is 5. The number of likely N-dealkylation sites (N-methyl/N-ethyl adjacent to an activating group) is 2. The third-order valence-electron chi connectivity index (χ3n) is 17.0. The van der Waals surface area contributed by atoms with Gasteiger partial charge in [0.2, 0.25) is 0 Å². The minimum absolute atomic E-state index is 0.0386. The van der Waals surface area contributed by atoms with E-state index in [2.05, 4.69) is 136 Å². The van der Waals surface area contributed by atoms with Gasteiger partial charge in [0.15, 0.2) is 5.82 Å². The molecule has 408 valence electrons. The number of rotatable bonds is 11. The van der Waals surface area contributed by atoms with Crippen molar-refractivity contribution in [2.45, 2.75) is 31.8 Å². The Labute approximate surface area is 471 Å². The van der Waals surface area contributed by atoms with Gasteiger partial charge in [-0.3, -0.25) is 39.6 Å². The largest absolute Gasteiger partial charge is 0.381 e. The number of amides is 1. The fraction of sp³-hybridized carbons (Fsp3) is 0.297. The number of amidine groups is 1. The normalized spacial score (nSPS) is 19.6.